The normalized spacial score (nSPS) is 17.6. The summed E-state index contributed by atoms with van der Waals surface area (Å²) in [5.74, 6) is -2.36. The molecule has 0 aromatic carbocycles. The standard InChI is InChI=1S/C19H33FN6O5/c1-11(2)15(31-19(30)23-3)17(29)26-9-5-7-13(26)16(28)25-12(14(27)10-20)6-4-8-24-18(21)22/h11-13,15H,4-10H2,1-3H3,(H,23,30)(H,25,28)(H4,21,22,24)/t12?,13-,15?/m0/s1. The lowest BCUT2D eigenvalue weighted by molar-refractivity contribution is -0.147. The van der Waals surface area contributed by atoms with Crippen LogP contribution in [0.15, 0.2) is 0 Å². The zero-order valence-corrected chi connectivity index (χ0v) is 18.2. The summed E-state index contributed by atoms with van der Waals surface area (Å²) in [7, 11) is 1.38. The fourth-order valence-corrected chi connectivity index (χ4v) is 3.32. The van der Waals surface area contributed by atoms with Crippen LogP contribution in [0, 0.1) is 11.3 Å². The van der Waals surface area contributed by atoms with Crippen molar-refractivity contribution < 1.29 is 28.3 Å². The third-order valence-corrected chi connectivity index (χ3v) is 4.95. The summed E-state index contributed by atoms with van der Waals surface area (Å²) in [6, 6.07) is -1.89. The number of halogens is 1. The first-order valence-electron chi connectivity index (χ1n) is 10.3. The minimum Gasteiger partial charge on any atom is -0.436 e. The van der Waals surface area contributed by atoms with Crippen molar-refractivity contribution in [2.45, 2.75) is 57.7 Å². The fourth-order valence-electron chi connectivity index (χ4n) is 3.32. The molecule has 0 saturated carbocycles. The second-order valence-electron chi connectivity index (χ2n) is 7.65. The van der Waals surface area contributed by atoms with E-state index >= 15 is 0 Å². The van der Waals surface area contributed by atoms with Gasteiger partial charge in [-0.3, -0.25) is 19.8 Å². The molecule has 3 amide bonds. The zero-order valence-electron chi connectivity index (χ0n) is 18.2. The summed E-state index contributed by atoms with van der Waals surface area (Å²) in [4.78, 5) is 50.7. The predicted octanol–water partition coefficient (Wildman–Crippen LogP) is -0.355. The second-order valence-corrected chi connectivity index (χ2v) is 7.65. The molecule has 1 saturated heterocycles. The van der Waals surface area contributed by atoms with Gasteiger partial charge in [-0.1, -0.05) is 13.8 Å². The molecule has 0 bridgehead atoms. The molecule has 0 radical (unpaired) electrons. The molecule has 1 heterocycles. The number of nitrogens with zero attached hydrogens (tertiary/aromatic N) is 1. The van der Waals surface area contributed by atoms with Crippen molar-refractivity contribution in [3.63, 3.8) is 0 Å². The molecule has 1 aliphatic rings. The molecular weight excluding hydrogens is 411 g/mol. The molecule has 31 heavy (non-hydrogen) atoms. The molecule has 0 aromatic heterocycles. The first-order valence-corrected chi connectivity index (χ1v) is 10.3. The topological polar surface area (TPSA) is 167 Å². The van der Waals surface area contributed by atoms with E-state index in [2.05, 4.69) is 16.0 Å². The number of likely N-dealkylation sites (tertiary alicyclic amines) is 1. The van der Waals surface area contributed by atoms with Crippen LogP contribution in [-0.4, -0.2) is 79.5 Å². The van der Waals surface area contributed by atoms with E-state index in [0.717, 1.165) is 0 Å². The molecule has 0 aliphatic carbocycles. The van der Waals surface area contributed by atoms with Crippen molar-refractivity contribution in [2.24, 2.45) is 11.7 Å². The van der Waals surface area contributed by atoms with Crippen molar-refractivity contribution in [3.05, 3.63) is 0 Å². The Balaban J connectivity index is 2.83. The lowest BCUT2D eigenvalue weighted by Gasteiger charge is -2.30. The number of Topliss-reactive ketones (excluding diaryl/α,β-unsaturated/α-hetero) is 1. The Kier molecular flexibility index (Phi) is 10.7. The average molecular weight is 445 g/mol. The number of carbonyl (C=O) groups excluding carboxylic acids is 4. The molecule has 1 fully saturated rings. The Morgan fingerprint density at radius 3 is 2.52 bits per heavy atom. The highest BCUT2D eigenvalue weighted by Gasteiger charge is 2.40. The molecule has 6 N–H and O–H groups in total. The van der Waals surface area contributed by atoms with Crippen molar-refractivity contribution in [3.8, 4) is 0 Å². The van der Waals surface area contributed by atoms with Crippen LogP contribution in [-0.2, 0) is 19.1 Å². The minimum absolute atomic E-state index is 0.157. The molecule has 1 aliphatic heterocycles. The summed E-state index contributed by atoms with van der Waals surface area (Å²) in [5.41, 5.74) is 5.19. The van der Waals surface area contributed by atoms with Gasteiger partial charge in [0, 0.05) is 20.1 Å². The van der Waals surface area contributed by atoms with Gasteiger partial charge in [-0.15, -0.1) is 0 Å². The SMILES string of the molecule is CNC(=O)OC(C(=O)N1CCC[C@H]1C(=O)NC(CCCNC(=N)N)C(=O)CF)C(C)C. The number of nitrogens with two attached hydrogens (primary N) is 1. The number of nitrogens with one attached hydrogen (secondary N) is 4. The highest BCUT2D eigenvalue weighted by molar-refractivity contribution is 5.94. The van der Waals surface area contributed by atoms with Gasteiger partial charge in [0.1, 0.15) is 12.7 Å². The zero-order chi connectivity index (χ0) is 23.6. The fraction of sp³-hybridized carbons (Fsp3) is 0.737. The van der Waals surface area contributed by atoms with E-state index in [1.165, 1.54) is 11.9 Å². The van der Waals surface area contributed by atoms with Gasteiger partial charge in [-0.25, -0.2) is 9.18 Å². The van der Waals surface area contributed by atoms with Crippen molar-refractivity contribution in [1.82, 2.24) is 20.9 Å². The summed E-state index contributed by atoms with van der Waals surface area (Å²) in [6.45, 7) is 2.82. The number of alkyl carbamates (subject to hydrolysis) is 1. The van der Waals surface area contributed by atoms with Crippen molar-refractivity contribution >= 4 is 29.7 Å². The first-order chi connectivity index (χ1) is 14.6. The van der Waals surface area contributed by atoms with E-state index in [1.807, 2.05) is 0 Å². The van der Waals surface area contributed by atoms with Crippen molar-refractivity contribution in [1.29, 1.82) is 5.41 Å². The molecule has 3 atom stereocenters. The van der Waals surface area contributed by atoms with Gasteiger partial charge in [-0.2, -0.15) is 0 Å². The van der Waals surface area contributed by atoms with Crippen LogP contribution in [0.3, 0.4) is 0 Å². The number of ether oxygens (including phenoxy) is 1. The van der Waals surface area contributed by atoms with Gasteiger partial charge >= 0.3 is 6.09 Å². The lowest BCUT2D eigenvalue weighted by atomic mass is 10.0. The van der Waals surface area contributed by atoms with Crippen LogP contribution in [0.5, 0.6) is 0 Å². The van der Waals surface area contributed by atoms with Gasteiger partial charge < -0.3 is 31.3 Å². The van der Waals surface area contributed by atoms with Gasteiger partial charge in [-0.05, 0) is 31.6 Å². The van der Waals surface area contributed by atoms with Gasteiger partial charge in [0.2, 0.25) is 5.91 Å². The quantitative estimate of drug-likeness (QED) is 0.165. The summed E-state index contributed by atoms with van der Waals surface area (Å²) >= 11 is 0. The Morgan fingerprint density at radius 1 is 1.29 bits per heavy atom. The van der Waals surface area contributed by atoms with E-state index in [-0.39, 0.29) is 18.3 Å². The number of guanidine groups is 1. The molecule has 0 aromatic rings. The van der Waals surface area contributed by atoms with Crippen molar-refractivity contribution in [2.75, 3.05) is 26.8 Å². The number of alkyl halides is 1. The van der Waals surface area contributed by atoms with Gasteiger partial charge in [0.05, 0.1) is 6.04 Å². The molecule has 12 heteroatoms. The summed E-state index contributed by atoms with van der Waals surface area (Å²) in [6.07, 6.45) is -0.332. The van der Waals surface area contributed by atoms with Crippen LogP contribution in [0.25, 0.3) is 0 Å². The Morgan fingerprint density at radius 2 is 1.97 bits per heavy atom. The minimum atomic E-state index is -1.23. The van der Waals surface area contributed by atoms with Crippen LogP contribution in [0.4, 0.5) is 9.18 Å². The highest BCUT2D eigenvalue weighted by atomic mass is 19.1. The van der Waals surface area contributed by atoms with Crippen LogP contribution in [0.1, 0.15) is 39.5 Å². The van der Waals surface area contributed by atoms with E-state index in [4.69, 9.17) is 15.9 Å². The molecule has 11 nitrogen and oxygen atoms in total. The first kappa shape index (κ1) is 26.1. The molecular formula is C19H33FN6O5. The number of rotatable bonds is 11. The maximum absolute atomic E-state index is 13.0. The highest BCUT2D eigenvalue weighted by Crippen LogP contribution is 2.22. The third kappa shape index (κ3) is 8.02. The number of carbonyl (C=O) groups is 4. The van der Waals surface area contributed by atoms with E-state index in [0.29, 0.717) is 32.4 Å². The van der Waals surface area contributed by atoms with E-state index in [9.17, 15) is 23.6 Å². The van der Waals surface area contributed by atoms with Gasteiger partial charge in [0.15, 0.2) is 17.8 Å². The number of ketones is 1. The Hall–Kier alpha value is -2.92. The molecule has 176 valence electrons. The Labute approximate surface area is 181 Å². The van der Waals surface area contributed by atoms with E-state index in [1.54, 1.807) is 13.8 Å². The Bertz CT molecular complexity index is 674. The number of amides is 3. The van der Waals surface area contributed by atoms with E-state index < -0.39 is 48.6 Å². The summed E-state index contributed by atoms with van der Waals surface area (Å²) in [5, 5.41) is 14.5. The number of hydrogen-bond acceptors (Lipinski definition) is 6. The molecule has 1 rings (SSSR count). The lowest BCUT2D eigenvalue weighted by Crippen LogP contribution is -2.54. The maximum atomic E-state index is 13.0. The van der Waals surface area contributed by atoms with Crippen LogP contribution in [0.2, 0.25) is 0 Å². The molecule has 2 unspecified atom stereocenters. The monoisotopic (exact) mass is 444 g/mol. The third-order valence-electron chi connectivity index (χ3n) is 4.95. The maximum Gasteiger partial charge on any atom is 0.407 e. The average Bonchev–Trinajstić information content (AvgIpc) is 3.22. The number of hydrogen-bond donors (Lipinski definition) is 5. The largest absolute Gasteiger partial charge is 0.436 e. The smallest absolute Gasteiger partial charge is 0.407 e. The predicted molar refractivity (Wildman–Crippen MR) is 111 cm³/mol. The van der Waals surface area contributed by atoms with Crippen LogP contribution < -0.4 is 21.7 Å². The molecule has 0 spiro atoms. The van der Waals surface area contributed by atoms with Crippen LogP contribution >= 0.6 is 0 Å². The second kappa shape index (κ2) is 12.7. The summed E-state index contributed by atoms with van der Waals surface area (Å²) < 4.78 is 18.1. The van der Waals surface area contributed by atoms with Gasteiger partial charge in [0.25, 0.3) is 5.91 Å².